The summed E-state index contributed by atoms with van der Waals surface area (Å²) in [4.78, 5) is 24.7. The molecule has 6 heteroatoms. The van der Waals surface area contributed by atoms with Crippen LogP contribution in [0.5, 0.6) is 0 Å². The monoisotopic (exact) mass is 293 g/mol. The molecule has 3 N–H and O–H groups in total. The molecule has 0 atom stereocenters. The number of unbranched alkanes of at least 4 members (excludes halogenated alkanes) is 1. The summed E-state index contributed by atoms with van der Waals surface area (Å²) < 4.78 is 0. The predicted molar refractivity (Wildman–Crippen MR) is 82.9 cm³/mol. The average Bonchev–Trinajstić information content (AvgIpc) is 2.37. The highest BCUT2D eigenvalue weighted by atomic mass is 16.4. The van der Waals surface area contributed by atoms with Crippen LogP contribution in [0.2, 0.25) is 0 Å². The van der Waals surface area contributed by atoms with E-state index in [9.17, 15) is 9.59 Å². The van der Waals surface area contributed by atoms with Gasteiger partial charge in [-0.2, -0.15) is 0 Å². The van der Waals surface area contributed by atoms with E-state index in [1.54, 1.807) is 19.1 Å². The van der Waals surface area contributed by atoms with E-state index in [1.165, 1.54) is 6.07 Å². The number of rotatable bonds is 7. The third-order valence-electron chi connectivity index (χ3n) is 3.03. The molecule has 0 bridgehead atoms. The molecule has 0 unspecified atom stereocenters. The van der Waals surface area contributed by atoms with Gasteiger partial charge in [0.05, 0.1) is 5.56 Å². The zero-order chi connectivity index (χ0) is 15.8. The number of carboxylic acid groups (broad SMARTS) is 1. The van der Waals surface area contributed by atoms with E-state index in [0.717, 1.165) is 19.4 Å². The summed E-state index contributed by atoms with van der Waals surface area (Å²) in [6, 6.07) is 4.45. The molecule has 2 amide bonds. The fraction of sp³-hybridized carbons (Fsp3) is 0.467. The fourth-order valence-corrected chi connectivity index (χ4v) is 1.91. The van der Waals surface area contributed by atoms with Crippen molar-refractivity contribution < 1.29 is 14.7 Å². The van der Waals surface area contributed by atoms with Gasteiger partial charge in [0.15, 0.2) is 0 Å². The Hall–Kier alpha value is -2.08. The average molecular weight is 293 g/mol. The Morgan fingerprint density at radius 3 is 2.52 bits per heavy atom. The number of hydrogen-bond donors (Lipinski definition) is 3. The van der Waals surface area contributed by atoms with Crippen LogP contribution in [0, 0.1) is 6.92 Å². The van der Waals surface area contributed by atoms with E-state index in [4.69, 9.17) is 5.11 Å². The van der Waals surface area contributed by atoms with Gasteiger partial charge < -0.3 is 20.6 Å². The Bertz CT molecular complexity index is 501. The minimum Gasteiger partial charge on any atom is -0.478 e. The molecule has 0 aromatic heterocycles. The van der Waals surface area contributed by atoms with Gasteiger partial charge in [-0.3, -0.25) is 0 Å². The van der Waals surface area contributed by atoms with Crippen LogP contribution in [-0.2, 0) is 0 Å². The van der Waals surface area contributed by atoms with E-state index in [2.05, 4.69) is 15.5 Å². The second kappa shape index (κ2) is 8.26. The van der Waals surface area contributed by atoms with Crippen molar-refractivity contribution in [3.63, 3.8) is 0 Å². The summed E-state index contributed by atoms with van der Waals surface area (Å²) in [5.41, 5.74) is 1.44. The van der Waals surface area contributed by atoms with E-state index < -0.39 is 5.97 Å². The van der Waals surface area contributed by atoms with Gasteiger partial charge in [0.25, 0.3) is 0 Å². The molecule has 1 rings (SSSR count). The first-order valence-corrected chi connectivity index (χ1v) is 6.93. The molecule has 116 valence electrons. The zero-order valence-corrected chi connectivity index (χ0v) is 12.8. The number of aromatic carboxylic acids is 1. The molecule has 21 heavy (non-hydrogen) atoms. The molecule has 0 aliphatic heterocycles. The quantitative estimate of drug-likeness (QED) is 0.673. The van der Waals surface area contributed by atoms with Crippen molar-refractivity contribution in [2.45, 2.75) is 19.8 Å². The van der Waals surface area contributed by atoms with Crippen molar-refractivity contribution in [1.29, 1.82) is 0 Å². The number of nitrogens with zero attached hydrogens (tertiary/aromatic N) is 1. The first kappa shape index (κ1) is 17.0. The second-order valence-electron chi connectivity index (χ2n) is 5.23. The number of amides is 2. The molecule has 0 aliphatic rings. The van der Waals surface area contributed by atoms with Crippen LogP contribution in [0.4, 0.5) is 10.5 Å². The van der Waals surface area contributed by atoms with Gasteiger partial charge in [-0.15, -0.1) is 0 Å². The lowest BCUT2D eigenvalue weighted by Crippen LogP contribution is -2.30. The van der Waals surface area contributed by atoms with Crippen LogP contribution in [0.25, 0.3) is 0 Å². The Kier molecular flexibility index (Phi) is 6.68. The molecule has 1 aromatic carbocycles. The first-order valence-electron chi connectivity index (χ1n) is 6.93. The predicted octanol–water partition coefficient (Wildman–Crippen LogP) is 2.16. The van der Waals surface area contributed by atoms with E-state index in [-0.39, 0.29) is 11.6 Å². The van der Waals surface area contributed by atoms with Gasteiger partial charge in [0.1, 0.15) is 0 Å². The Morgan fingerprint density at radius 2 is 1.95 bits per heavy atom. The number of aryl methyl sites for hydroxylation is 1. The molecule has 0 saturated heterocycles. The molecule has 0 heterocycles. The fourth-order valence-electron chi connectivity index (χ4n) is 1.91. The van der Waals surface area contributed by atoms with Gasteiger partial charge in [0.2, 0.25) is 0 Å². The van der Waals surface area contributed by atoms with Crippen LogP contribution < -0.4 is 10.6 Å². The lowest BCUT2D eigenvalue weighted by atomic mass is 10.1. The van der Waals surface area contributed by atoms with E-state index >= 15 is 0 Å². The van der Waals surface area contributed by atoms with Gasteiger partial charge >= 0.3 is 12.0 Å². The SMILES string of the molecule is Cc1cc(NC(=O)NCCCCN(C)C)ccc1C(=O)O. The van der Waals surface area contributed by atoms with Crippen LogP contribution in [0.1, 0.15) is 28.8 Å². The molecule has 0 fully saturated rings. The van der Waals surface area contributed by atoms with Crippen molar-refractivity contribution in [1.82, 2.24) is 10.2 Å². The standard InChI is InChI=1S/C15H23N3O3/c1-11-10-12(6-7-13(11)14(19)20)17-15(21)16-8-4-5-9-18(2)3/h6-7,10H,4-5,8-9H2,1-3H3,(H,19,20)(H2,16,17,21). The highest BCUT2D eigenvalue weighted by Crippen LogP contribution is 2.15. The Balaban J connectivity index is 2.38. The van der Waals surface area contributed by atoms with Crippen molar-refractivity contribution in [2.24, 2.45) is 0 Å². The number of carboxylic acids is 1. The number of nitrogens with one attached hydrogen (secondary N) is 2. The number of urea groups is 1. The maximum atomic E-state index is 11.7. The highest BCUT2D eigenvalue weighted by Gasteiger charge is 2.08. The first-order chi connectivity index (χ1) is 9.90. The topological polar surface area (TPSA) is 81.7 Å². The molecular formula is C15H23N3O3. The van der Waals surface area contributed by atoms with E-state index in [1.807, 2.05) is 14.1 Å². The summed E-state index contributed by atoms with van der Waals surface area (Å²) >= 11 is 0. The molecule has 6 nitrogen and oxygen atoms in total. The van der Waals surface area contributed by atoms with Gasteiger partial charge in [-0.25, -0.2) is 9.59 Å². The third kappa shape index (κ3) is 6.27. The molecule has 0 spiro atoms. The van der Waals surface area contributed by atoms with Crippen molar-refractivity contribution >= 4 is 17.7 Å². The molecular weight excluding hydrogens is 270 g/mol. The smallest absolute Gasteiger partial charge is 0.335 e. The van der Waals surface area contributed by atoms with Gasteiger partial charge in [-0.1, -0.05) is 0 Å². The Morgan fingerprint density at radius 1 is 1.24 bits per heavy atom. The molecule has 1 aromatic rings. The van der Waals surface area contributed by atoms with Gasteiger partial charge in [0, 0.05) is 12.2 Å². The number of benzene rings is 1. The number of carbonyl (C=O) groups excluding carboxylic acids is 1. The van der Waals surface area contributed by atoms with Gasteiger partial charge in [-0.05, 0) is 64.2 Å². The van der Waals surface area contributed by atoms with E-state index in [0.29, 0.717) is 17.8 Å². The summed E-state index contributed by atoms with van der Waals surface area (Å²) in [5.74, 6) is -0.968. The summed E-state index contributed by atoms with van der Waals surface area (Å²) in [5, 5.41) is 14.4. The number of carbonyl (C=O) groups is 2. The summed E-state index contributed by atoms with van der Waals surface area (Å²) in [6.07, 6.45) is 1.95. The summed E-state index contributed by atoms with van der Waals surface area (Å²) in [7, 11) is 4.03. The minimum absolute atomic E-state index is 0.240. The van der Waals surface area contributed by atoms with Crippen LogP contribution in [0.3, 0.4) is 0 Å². The highest BCUT2D eigenvalue weighted by molar-refractivity contribution is 5.92. The van der Waals surface area contributed by atoms with Crippen LogP contribution in [-0.4, -0.2) is 49.2 Å². The largest absolute Gasteiger partial charge is 0.478 e. The van der Waals surface area contributed by atoms with Crippen molar-refractivity contribution in [3.05, 3.63) is 29.3 Å². The normalized spacial score (nSPS) is 10.5. The lowest BCUT2D eigenvalue weighted by molar-refractivity contribution is 0.0696. The molecule has 0 saturated carbocycles. The Labute approximate surface area is 125 Å². The number of hydrogen-bond acceptors (Lipinski definition) is 3. The van der Waals surface area contributed by atoms with Crippen LogP contribution >= 0.6 is 0 Å². The third-order valence-corrected chi connectivity index (χ3v) is 3.03. The number of anilines is 1. The van der Waals surface area contributed by atoms with Crippen LogP contribution in [0.15, 0.2) is 18.2 Å². The second-order valence-corrected chi connectivity index (χ2v) is 5.23. The summed E-state index contributed by atoms with van der Waals surface area (Å²) in [6.45, 7) is 3.32. The molecule has 0 aliphatic carbocycles. The zero-order valence-electron chi connectivity index (χ0n) is 12.8. The maximum Gasteiger partial charge on any atom is 0.335 e. The molecule has 0 radical (unpaired) electrons. The lowest BCUT2D eigenvalue weighted by Gasteiger charge is -2.11. The maximum absolute atomic E-state index is 11.7. The van der Waals surface area contributed by atoms with Crippen molar-refractivity contribution in [3.8, 4) is 0 Å². The minimum atomic E-state index is -0.968. The van der Waals surface area contributed by atoms with Crippen molar-refractivity contribution in [2.75, 3.05) is 32.5 Å².